The number of aromatic nitrogens is 3. The molecule has 2 aromatic rings. The van der Waals surface area contributed by atoms with Gasteiger partial charge >= 0.3 is 0 Å². The summed E-state index contributed by atoms with van der Waals surface area (Å²) in [5.74, 6) is 5.05. The Morgan fingerprint density at radius 1 is 1.47 bits per heavy atom. The minimum absolute atomic E-state index is 0.430. The summed E-state index contributed by atoms with van der Waals surface area (Å²) in [4.78, 5) is 3.78. The summed E-state index contributed by atoms with van der Waals surface area (Å²) in [6, 6.07) is 0.888. The van der Waals surface area contributed by atoms with E-state index in [0.29, 0.717) is 16.3 Å². The van der Waals surface area contributed by atoms with Gasteiger partial charge in [-0.15, -0.1) is 0 Å². The molecule has 0 aliphatic carbocycles. The number of rotatable bonds is 3. The molecule has 0 fully saturated rings. The van der Waals surface area contributed by atoms with Gasteiger partial charge in [-0.25, -0.2) is 9.82 Å². The summed E-state index contributed by atoms with van der Waals surface area (Å²) < 4.78 is 14.7. The standard InChI is InChI=1S/C10H11ClFN5/c1-17-10(8(11)5-15-17)9(16-13)6-2-7(12)4-14-3-6/h2-5,9,16H,13H2,1H3. The van der Waals surface area contributed by atoms with E-state index in [2.05, 4.69) is 15.5 Å². The van der Waals surface area contributed by atoms with E-state index in [1.165, 1.54) is 18.5 Å². The first kappa shape index (κ1) is 12.0. The number of pyridine rings is 1. The molecule has 2 aromatic heterocycles. The number of halogens is 2. The van der Waals surface area contributed by atoms with E-state index in [1.807, 2.05) is 0 Å². The molecule has 5 nitrogen and oxygen atoms in total. The highest BCUT2D eigenvalue weighted by molar-refractivity contribution is 6.31. The molecular formula is C10H11ClFN5. The van der Waals surface area contributed by atoms with Crippen molar-refractivity contribution >= 4 is 11.6 Å². The molecule has 17 heavy (non-hydrogen) atoms. The molecule has 2 rings (SSSR count). The topological polar surface area (TPSA) is 68.8 Å². The first-order valence-electron chi connectivity index (χ1n) is 4.87. The Morgan fingerprint density at radius 2 is 2.24 bits per heavy atom. The summed E-state index contributed by atoms with van der Waals surface area (Å²) in [6.07, 6.45) is 4.16. The van der Waals surface area contributed by atoms with Gasteiger partial charge in [0.25, 0.3) is 0 Å². The summed E-state index contributed by atoms with van der Waals surface area (Å²) in [5, 5.41) is 4.47. The summed E-state index contributed by atoms with van der Waals surface area (Å²) in [6.45, 7) is 0. The Morgan fingerprint density at radius 3 is 2.76 bits per heavy atom. The fraction of sp³-hybridized carbons (Fsp3) is 0.200. The molecule has 0 bridgehead atoms. The van der Waals surface area contributed by atoms with Crippen LogP contribution in [0.1, 0.15) is 17.3 Å². The number of hydrogen-bond acceptors (Lipinski definition) is 4. The quantitative estimate of drug-likeness (QED) is 0.638. The van der Waals surface area contributed by atoms with E-state index in [1.54, 1.807) is 11.7 Å². The van der Waals surface area contributed by atoms with E-state index in [0.717, 1.165) is 6.20 Å². The average molecular weight is 256 g/mol. The number of nitrogens with two attached hydrogens (primary N) is 1. The lowest BCUT2D eigenvalue weighted by molar-refractivity contribution is 0.563. The van der Waals surface area contributed by atoms with Gasteiger partial charge in [-0.3, -0.25) is 15.5 Å². The highest BCUT2D eigenvalue weighted by Crippen LogP contribution is 2.26. The fourth-order valence-corrected chi connectivity index (χ4v) is 1.94. The third-order valence-corrected chi connectivity index (χ3v) is 2.73. The molecule has 2 heterocycles. The number of nitrogens with one attached hydrogen (secondary N) is 1. The molecule has 0 aromatic carbocycles. The molecule has 0 amide bonds. The van der Waals surface area contributed by atoms with Gasteiger partial charge in [0.05, 0.1) is 29.2 Å². The zero-order valence-corrected chi connectivity index (χ0v) is 9.82. The van der Waals surface area contributed by atoms with E-state index in [-0.39, 0.29) is 0 Å². The lowest BCUT2D eigenvalue weighted by Gasteiger charge is -2.16. The minimum Gasteiger partial charge on any atom is -0.271 e. The van der Waals surface area contributed by atoms with Crippen LogP contribution in [0.2, 0.25) is 5.02 Å². The van der Waals surface area contributed by atoms with Crippen LogP contribution in [0, 0.1) is 5.82 Å². The predicted octanol–water partition coefficient (Wildman–Crippen LogP) is 1.16. The SMILES string of the molecule is Cn1ncc(Cl)c1C(NN)c1cncc(F)c1. The molecule has 0 spiro atoms. The van der Waals surface area contributed by atoms with Crippen LogP contribution in [0.15, 0.2) is 24.7 Å². The van der Waals surface area contributed by atoms with Crippen molar-refractivity contribution in [2.24, 2.45) is 12.9 Å². The minimum atomic E-state index is -0.460. The first-order chi connectivity index (χ1) is 8.13. The van der Waals surface area contributed by atoms with Gasteiger partial charge < -0.3 is 0 Å². The third-order valence-electron chi connectivity index (χ3n) is 2.44. The molecular weight excluding hydrogens is 245 g/mol. The Balaban J connectivity index is 2.47. The van der Waals surface area contributed by atoms with E-state index in [4.69, 9.17) is 17.4 Å². The zero-order valence-electron chi connectivity index (χ0n) is 9.06. The van der Waals surface area contributed by atoms with Gasteiger partial charge in [0, 0.05) is 13.2 Å². The molecule has 0 radical (unpaired) electrons. The van der Waals surface area contributed by atoms with Crippen molar-refractivity contribution in [1.29, 1.82) is 0 Å². The van der Waals surface area contributed by atoms with Crippen molar-refractivity contribution < 1.29 is 4.39 Å². The second kappa shape index (κ2) is 4.79. The molecule has 1 atom stereocenters. The van der Waals surface area contributed by atoms with Gasteiger partial charge in [0.15, 0.2) is 0 Å². The lowest BCUT2D eigenvalue weighted by Crippen LogP contribution is -2.30. The number of hydrazine groups is 1. The van der Waals surface area contributed by atoms with Crippen LogP contribution in [-0.2, 0) is 7.05 Å². The zero-order chi connectivity index (χ0) is 12.4. The summed E-state index contributed by atoms with van der Waals surface area (Å²) in [7, 11) is 1.73. The Labute approximate surface area is 102 Å². The van der Waals surface area contributed by atoms with Crippen LogP contribution in [-0.4, -0.2) is 14.8 Å². The monoisotopic (exact) mass is 255 g/mol. The van der Waals surface area contributed by atoms with E-state index in [9.17, 15) is 4.39 Å². The maximum Gasteiger partial charge on any atom is 0.141 e. The highest BCUT2D eigenvalue weighted by Gasteiger charge is 2.20. The molecule has 90 valence electrons. The van der Waals surface area contributed by atoms with Crippen molar-refractivity contribution in [3.63, 3.8) is 0 Å². The maximum absolute atomic E-state index is 13.1. The van der Waals surface area contributed by atoms with Crippen LogP contribution in [0.3, 0.4) is 0 Å². The molecule has 1 unspecified atom stereocenters. The summed E-state index contributed by atoms with van der Waals surface area (Å²) >= 11 is 6.02. The molecule has 0 saturated heterocycles. The van der Waals surface area contributed by atoms with Crippen LogP contribution < -0.4 is 11.3 Å². The normalized spacial score (nSPS) is 12.7. The Kier molecular flexibility index (Phi) is 3.37. The highest BCUT2D eigenvalue weighted by atomic mass is 35.5. The second-order valence-electron chi connectivity index (χ2n) is 3.54. The number of nitrogens with zero attached hydrogens (tertiary/aromatic N) is 3. The number of hydrogen-bond donors (Lipinski definition) is 2. The van der Waals surface area contributed by atoms with Crippen LogP contribution in [0.25, 0.3) is 0 Å². The largest absolute Gasteiger partial charge is 0.271 e. The van der Waals surface area contributed by atoms with Gasteiger partial charge in [-0.1, -0.05) is 11.6 Å². The lowest BCUT2D eigenvalue weighted by atomic mass is 10.1. The van der Waals surface area contributed by atoms with Crippen molar-refractivity contribution in [1.82, 2.24) is 20.2 Å². The van der Waals surface area contributed by atoms with Crippen LogP contribution >= 0.6 is 11.6 Å². The molecule has 0 aliphatic rings. The molecule has 7 heteroatoms. The van der Waals surface area contributed by atoms with Crippen molar-refractivity contribution in [2.75, 3.05) is 0 Å². The van der Waals surface area contributed by atoms with Crippen molar-refractivity contribution in [2.45, 2.75) is 6.04 Å². The predicted molar refractivity (Wildman–Crippen MR) is 61.6 cm³/mol. The van der Waals surface area contributed by atoms with Crippen molar-refractivity contribution in [3.8, 4) is 0 Å². The van der Waals surface area contributed by atoms with Gasteiger partial charge in [0.2, 0.25) is 0 Å². The van der Waals surface area contributed by atoms with Crippen LogP contribution in [0.4, 0.5) is 4.39 Å². The van der Waals surface area contributed by atoms with Crippen molar-refractivity contribution in [3.05, 3.63) is 46.8 Å². The van der Waals surface area contributed by atoms with E-state index >= 15 is 0 Å². The molecule has 0 aliphatic heterocycles. The maximum atomic E-state index is 13.1. The van der Waals surface area contributed by atoms with Crippen LogP contribution in [0.5, 0.6) is 0 Å². The Hall–Kier alpha value is -1.50. The number of aryl methyl sites for hydroxylation is 1. The smallest absolute Gasteiger partial charge is 0.141 e. The average Bonchev–Trinajstić information content (AvgIpc) is 2.62. The fourth-order valence-electron chi connectivity index (χ4n) is 1.66. The van der Waals surface area contributed by atoms with Gasteiger partial charge in [0.1, 0.15) is 5.82 Å². The van der Waals surface area contributed by atoms with Gasteiger partial charge in [-0.2, -0.15) is 5.10 Å². The Bertz CT molecular complexity index is 508. The summed E-state index contributed by atoms with van der Waals surface area (Å²) in [5.41, 5.74) is 3.81. The molecule has 0 saturated carbocycles. The van der Waals surface area contributed by atoms with Gasteiger partial charge in [-0.05, 0) is 11.6 Å². The van der Waals surface area contributed by atoms with E-state index < -0.39 is 11.9 Å². The third kappa shape index (κ3) is 2.28. The molecule has 3 N–H and O–H groups in total. The first-order valence-corrected chi connectivity index (χ1v) is 5.25. The second-order valence-corrected chi connectivity index (χ2v) is 3.94.